The van der Waals surface area contributed by atoms with Gasteiger partial charge >= 0.3 is 0 Å². The number of nitrogens with one attached hydrogen (secondary N) is 2. The summed E-state index contributed by atoms with van der Waals surface area (Å²) in [6.45, 7) is 9.23. The number of hydrogen-bond acceptors (Lipinski definition) is 3. The van der Waals surface area contributed by atoms with Crippen LogP contribution in [0.4, 0.5) is 0 Å². The lowest BCUT2D eigenvalue weighted by molar-refractivity contribution is -0.128. The third-order valence-corrected chi connectivity index (χ3v) is 5.99. The molecule has 1 atom stereocenters. The molecule has 1 saturated heterocycles. The molecule has 7 heteroatoms. The summed E-state index contributed by atoms with van der Waals surface area (Å²) in [5.74, 6) is 1.98. The van der Waals surface area contributed by atoms with Gasteiger partial charge in [0, 0.05) is 38.0 Å². The van der Waals surface area contributed by atoms with Crippen molar-refractivity contribution >= 4 is 35.8 Å². The second-order valence-electron chi connectivity index (χ2n) is 9.23. The Hall–Kier alpha value is -2.29. The van der Waals surface area contributed by atoms with E-state index in [1.165, 1.54) is 0 Å². The number of amides is 1. The molecule has 33 heavy (non-hydrogen) atoms. The molecule has 6 nitrogen and oxygen atoms in total. The lowest BCUT2D eigenvalue weighted by atomic mass is 9.90. The molecule has 2 heterocycles. The molecule has 1 fully saturated rings. The van der Waals surface area contributed by atoms with E-state index in [9.17, 15) is 4.79 Å². The number of ether oxygens (including phenoxy) is 1. The Kier molecular flexibility index (Phi) is 8.62. The number of nitrogens with zero attached hydrogens (tertiary/aromatic N) is 2. The average molecular weight is 562 g/mol. The van der Waals surface area contributed by atoms with Gasteiger partial charge in [0.2, 0.25) is 5.91 Å². The first kappa shape index (κ1) is 25.3. The summed E-state index contributed by atoms with van der Waals surface area (Å²) >= 11 is 0. The maximum atomic E-state index is 12.0. The molecule has 4 rings (SSSR count). The molecule has 2 aromatic rings. The van der Waals surface area contributed by atoms with Crippen molar-refractivity contribution in [2.24, 2.45) is 4.99 Å². The zero-order valence-corrected chi connectivity index (χ0v) is 22.1. The fourth-order valence-corrected chi connectivity index (χ4v) is 4.50. The fraction of sp³-hybridized carbons (Fsp3) is 0.462. The Bertz CT molecular complexity index is 992. The molecule has 2 aliphatic heterocycles. The van der Waals surface area contributed by atoms with Crippen molar-refractivity contribution in [2.75, 3.05) is 13.1 Å². The van der Waals surface area contributed by atoms with Crippen LogP contribution in [0.1, 0.15) is 62.8 Å². The predicted molar refractivity (Wildman–Crippen MR) is 143 cm³/mol. The van der Waals surface area contributed by atoms with Crippen LogP contribution in [0.5, 0.6) is 5.75 Å². The van der Waals surface area contributed by atoms with Crippen molar-refractivity contribution in [1.29, 1.82) is 0 Å². The van der Waals surface area contributed by atoms with Crippen LogP contribution in [0.2, 0.25) is 0 Å². The van der Waals surface area contributed by atoms with Crippen molar-refractivity contribution in [1.82, 2.24) is 15.5 Å². The van der Waals surface area contributed by atoms with Gasteiger partial charge in [0.05, 0.1) is 12.6 Å². The summed E-state index contributed by atoms with van der Waals surface area (Å²) in [5, 5.41) is 7.01. The number of halogens is 1. The molecule has 178 valence electrons. The Morgan fingerprint density at radius 2 is 1.97 bits per heavy atom. The van der Waals surface area contributed by atoms with Crippen LogP contribution < -0.4 is 15.4 Å². The normalized spacial score (nSPS) is 19.4. The number of likely N-dealkylation sites (tertiary alicyclic amines) is 1. The Morgan fingerprint density at radius 3 is 2.73 bits per heavy atom. The van der Waals surface area contributed by atoms with Crippen LogP contribution in [0, 0.1) is 0 Å². The summed E-state index contributed by atoms with van der Waals surface area (Å²) in [5.41, 5.74) is 3.21. The Morgan fingerprint density at radius 1 is 1.18 bits per heavy atom. The van der Waals surface area contributed by atoms with Gasteiger partial charge in [-0.1, -0.05) is 42.5 Å². The molecule has 0 spiro atoms. The number of aliphatic imine (C=N–C) groups is 1. The van der Waals surface area contributed by atoms with Gasteiger partial charge in [0.25, 0.3) is 0 Å². The molecular formula is C26H35IN4O2. The van der Waals surface area contributed by atoms with Gasteiger partial charge in [-0.25, -0.2) is 4.99 Å². The van der Waals surface area contributed by atoms with Crippen molar-refractivity contribution in [3.05, 3.63) is 65.2 Å². The van der Waals surface area contributed by atoms with Gasteiger partial charge in [-0.3, -0.25) is 4.79 Å². The van der Waals surface area contributed by atoms with Gasteiger partial charge in [-0.2, -0.15) is 0 Å². The molecule has 1 amide bonds. The summed E-state index contributed by atoms with van der Waals surface area (Å²) in [6, 6.07) is 16.7. The highest BCUT2D eigenvalue weighted by Crippen LogP contribution is 2.39. The van der Waals surface area contributed by atoms with Gasteiger partial charge < -0.3 is 20.3 Å². The lowest BCUT2D eigenvalue weighted by Crippen LogP contribution is -2.45. The maximum absolute atomic E-state index is 12.0. The number of fused-ring (bicyclic) bond motifs is 1. The van der Waals surface area contributed by atoms with E-state index in [1.807, 2.05) is 17.0 Å². The van der Waals surface area contributed by atoms with Crippen molar-refractivity contribution in [3.8, 4) is 5.75 Å². The second-order valence-corrected chi connectivity index (χ2v) is 9.23. The highest BCUT2D eigenvalue weighted by Gasteiger charge is 2.34. The van der Waals surface area contributed by atoms with Crippen LogP contribution >= 0.6 is 24.0 Å². The zero-order valence-electron chi connectivity index (χ0n) is 19.8. The molecular weight excluding hydrogens is 527 g/mol. The molecule has 2 aromatic carbocycles. The molecule has 0 aliphatic carbocycles. The SMILES string of the molecule is CCNC(=NCc1cccc(CN2CCCC2=O)c1)NC1CC(C)(C)Oc2ccccc21.I. The molecule has 0 aromatic heterocycles. The first-order valence-electron chi connectivity index (χ1n) is 11.6. The molecule has 1 unspecified atom stereocenters. The molecule has 0 bridgehead atoms. The number of carbonyl (C=O) groups excluding carboxylic acids is 1. The van der Waals surface area contributed by atoms with E-state index in [1.54, 1.807) is 0 Å². The maximum Gasteiger partial charge on any atom is 0.222 e. The minimum Gasteiger partial charge on any atom is -0.487 e. The second kappa shape index (κ2) is 11.2. The van der Waals surface area contributed by atoms with E-state index >= 15 is 0 Å². The highest BCUT2D eigenvalue weighted by atomic mass is 127. The summed E-state index contributed by atoms with van der Waals surface area (Å²) in [6.07, 6.45) is 2.49. The van der Waals surface area contributed by atoms with E-state index in [4.69, 9.17) is 9.73 Å². The lowest BCUT2D eigenvalue weighted by Gasteiger charge is -2.38. The fourth-order valence-electron chi connectivity index (χ4n) is 4.50. The third-order valence-electron chi connectivity index (χ3n) is 5.99. The van der Waals surface area contributed by atoms with Crippen molar-refractivity contribution in [3.63, 3.8) is 0 Å². The molecule has 2 aliphatic rings. The highest BCUT2D eigenvalue weighted by molar-refractivity contribution is 14.0. The van der Waals surface area contributed by atoms with E-state index < -0.39 is 0 Å². The monoisotopic (exact) mass is 562 g/mol. The molecule has 2 N–H and O–H groups in total. The minimum absolute atomic E-state index is 0. The molecule has 0 radical (unpaired) electrons. The number of hydrogen-bond donors (Lipinski definition) is 2. The average Bonchev–Trinajstić information content (AvgIpc) is 3.16. The number of rotatable bonds is 6. The number of guanidine groups is 1. The van der Waals surface area contributed by atoms with Gasteiger partial charge in [0.15, 0.2) is 5.96 Å². The predicted octanol–water partition coefficient (Wildman–Crippen LogP) is 4.78. The van der Waals surface area contributed by atoms with Crippen LogP contribution in [0.25, 0.3) is 0 Å². The molecule has 0 saturated carbocycles. The number of benzene rings is 2. The van der Waals surface area contributed by atoms with Crippen molar-refractivity contribution < 1.29 is 9.53 Å². The third kappa shape index (κ3) is 6.62. The van der Waals surface area contributed by atoms with Crippen molar-refractivity contribution in [2.45, 2.75) is 64.8 Å². The standard InChI is InChI=1S/C26H34N4O2.HI/c1-4-27-25(29-22-16-26(2,3)32-23-12-6-5-11-21(22)23)28-17-19-9-7-10-20(15-19)18-30-14-8-13-24(30)31;/h5-7,9-12,15,22H,4,8,13-14,16-18H2,1-3H3,(H2,27,28,29);1H. The van der Waals surface area contributed by atoms with Crippen LogP contribution in [-0.4, -0.2) is 35.5 Å². The van der Waals surface area contributed by atoms with Crippen LogP contribution in [0.15, 0.2) is 53.5 Å². The quantitative estimate of drug-likeness (QED) is 0.302. The van der Waals surface area contributed by atoms with Gasteiger partial charge in [0.1, 0.15) is 11.4 Å². The largest absolute Gasteiger partial charge is 0.487 e. The number of carbonyl (C=O) groups is 1. The van der Waals surface area contributed by atoms with Crippen LogP contribution in [-0.2, 0) is 17.9 Å². The smallest absolute Gasteiger partial charge is 0.222 e. The summed E-state index contributed by atoms with van der Waals surface area (Å²) < 4.78 is 6.17. The van der Waals surface area contributed by atoms with Gasteiger partial charge in [-0.05, 0) is 44.4 Å². The Labute approximate surface area is 214 Å². The van der Waals surface area contributed by atoms with E-state index in [-0.39, 0.29) is 41.5 Å². The van der Waals surface area contributed by atoms with E-state index in [0.29, 0.717) is 19.5 Å². The zero-order chi connectivity index (χ0) is 22.6. The minimum atomic E-state index is -0.245. The van der Waals surface area contributed by atoms with Crippen LogP contribution in [0.3, 0.4) is 0 Å². The van der Waals surface area contributed by atoms with Gasteiger partial charge in [-0.15, -0.1) is 24.0 Å². The summed E-state index contributed by atoms with van der Waals surface area (Å²) in [4.78, 5) is 18.8. The Balaban J connectivity index is 0.00000306. The van der Waals surface area contributed by atoms with E-state index in [0.717, 1.165) is 54.3 Å². The van der Waals surface area contributed by atoms with E-state index in [2.05, 4.69) is 67.8 Å². The first-order chi connectivity index (χ1) is 15.4. The number of para-hydroxylation sites is 1. The first-order valence-corrected chi connectivity index (χ1v) is 11.6. The topological polar surface area (TPSA) is 66.0 Å². The summed E-state index contributed by atoms with van der Waals surface area (Å²) in [7, 11) is 0.